The van der Waals surface area contributed by atoms with E-state index in [2.05, 4.69) is 6.92 Å². The average molecular weight is 215 g/mol. The molecule has 0 aromatic heterocycles. The van der Waals surface area contributed by atoms with E-state index < -0.39 is 0 Å². The largest absolute Gasteiger partial charge is 0.495 e. The van der Waals surface area contributed by atoms with Crippen LogP contribution in [0.4, 0.5) is 0 Å². The van der Waals surface area contributed by atoms with Crippen LogP contribution in [0.25, 0.3) is 0 Å². The quantitative estimate of drug-likeness (QED) is 0.728. The van der Waals surface area contributed by atoms with Gasteiger partial charge < -0.3 is 4.74 Å². The highest BCUT2D eigenvalue weighted by molar-refractivity contribution is 6.32. The van der Waals surface area contributed by atoms with Crippen LogP contribution in [0.2, 0.25) is 5.02 Å². The molecule has 1 rings (SSSR count). The molecular weight excluding hydrogens is 196 g/mol. The van der Waals surface area contributed by atoms with Crippen LogP contribution in [0.15, 0.2) is 18.2 Å². The fourth-order valence-corrected chi connectivity index (χ4v) is 1.43. The maximum Gasteiger partial charge on any atom is 0.137 e. The van der Waals surface area contributed by atoms with Gasteiger partial charge in [-0.1, -0.05) is 44.9 Å². The molecule has 0 amide bonds. The molecule has 0 aliphatic heterocycles. The molecular formula is C12H19ClO. The summed E-state index contributed by atoms with van der Waals surface area (Å²) in [5.74, 6) is 0.747. The highest BCUT2D eigenvalue weighted by Gasteiger charge is 2.00. The van der Waals surface area contributed by atoms with Crippen LogP contribution in [0.3, 0.4) is 0 Å². The predicted molar refractivity (Wildman–Crippen MR) is 63.3 cm³/mol. The summed E-state index contributed by atoms with van der Waals surface area (Å²) in [7, 11) is 1.63. The molecule has 0 bridgehead atoms. The second-order valence-electron chi connectivity index (χ2n) is 2.72. The van der Waals surface area contributed by atoms with Crippen LogP contribution in [0.1, 0.15) is 32.8 Å². The summed E-state index contributed by atoms with van der Waals surface area (Å²) < 4.78 is 5.05. The number of rotatable bonds is 3. The Hall–Kier alpha value is -0.690. The van der Waals surface area contributed by atoms with Crippen LogP contribution in [-0.4, -0.2) is 7.11 Å². The second-order valence-corrected chi connectivity index (χ2v) is 3.13. The van der Waals surface area contributed by atoms with Gasteiger partial charge in [-0.05, 0) is 24.1 Å². The summed E-state index contributed by atoms with van der Waals surface area (Å²) in [6, 6.07) is 5.92. The molecule has 0 heterocycles. The number of methoxy groups -OCH3 is 1. The first-order valence-electron chi connectivity index (χ1n) is 5.10. The minimum Gasteiger partial charge on any atom is -0.495 e. The van der Waals surface area contributed by atoms with Crippen LogP contribution in [0, 0.1) is 0 Å². The van der Waals surface area contributed by atoms with Crippen molar-refractivity contribution >= 4 is 11.6 Å². The first kappa shape index (κ1) is 13.3. The van der Waals surface area contributed by atoms with Gasteiger partial charge in [0.2, 0.25) is 0 Å². The van der Waals surface area contributed by atoms with E-state index in [1.54, 1.807) is 7.11 Å². The van der Waals surface area contributed by atoms with Crippen molar-refractivity contribution < 1.29 is 4.74 Å². The van der Waals surface area contributed by atoms with Crippen molar-refractivity contribution in [3.8, 4) is 5.75 Å². The molecule has 0 aliphatic carbocycles. The van der Waals surface area contributed by atoms with Crippen molar-refractivity contribution in [2.24, 2.45) is 0 Å². The van der Waals surface area contributed by atoms with Crippen LogP contribution < -0.4 is 4.74 Å². The van der Waals surface area contributed by atoms with Gasteiger partial charge in [0.1, 0.15) is 5.75 Å². The van der Waals surface area contributed by atoms with E-state index in [0.29, 0.717) is 5.02 Å². The molecule has 0 spiro atoms. The van der Waals surface area contributed by atoms with E-state index in [1.807, 2.05) is 32.0 Å². The first-order valence-corrected chi connectivity index (χ1v) is 5.48. The summed E-state index contributed by atoms with van der Waals surface area (Å²) in [6.07, 6.45) is 2.21. The van der Waals surface area contributed by atoms with E-state index in [4.69, 9.17) is 16.3 Å². The van der Waals surface area contributed by atoms with Crippen molar-refractivity contribution in [2.75, 3.05) is 7.11 Å². The van der Waals surface area contributed by atoms with Gasteiger partial charge in [0.05, 0.1) is 12.1 Å². The number of halogens is 1. The maximum atomic E-state index is 5.94. The highest BCUT2D eigenvalue weighted by atomic mass is 35.5. The molecule has 14 heavy (non-hydrogen) atoms. The molecule has 1 aromatic carbocycles. The van der Waals surface area contributed by atoms with Crippen molar-refractivity contribution in [2.45, 2.75) is 33.6 Å². The summed E-state index contributed by atoms with van der Waals surface area (Å²) in [5.41, 5.74) is 1.27. The molecule has 0 unspecified atom stereocenters. The van der Waals surface area contributed by atoms with Crippen LogP contribution in [-0.2, 0) is 6.42 Å². The molecule has 0 fully saturated rings. The first-order chi connectivity index (χ1) is 6.77. The van der Waals surface area contributed by atoms with Crippen molar-refractivity contribution in [1.82, 2.24) is 0 Å². The molecule has 2 heteroatoms. The lowest BCUT2D eigenvalue weighted by Crippen LogP contribution is -1.87. The lowest BCUT2D eigenvalue weighted by Gasteiger charge is -2.04. The van der Waals surface area contributed by atoms with Crippen molar-refractivity contribution in [3.05, 3.63) is 28.8 Å². The number of hydrogen-bond donors (Lipinski definition) is 0. The smallest absolute Gasteiger partial charge is 0.137 e. The fraction of sp³-hybridized carbons (Fsp3) is 0.500. The number of ether oxygens (including phenoxy) is 1. The second kappa shape index (κ2) is 7.69. The SMILES string of the molecule is CC.CCCc1ccc(OC)c(Cl)c1. The van der Waals surface area contributed by atoms with Gasteiger partial charge in [-0.15, -0.1) is 0 Å². The summed E-state index contributed by atoms with van der Waals surface area (Å²) in [5, 5.41) is 0.698. The van der Waals surface area contributed by atoms with Crippen LogP contribution in [0.5, 0.6) is 5.75 Å². The lowest BCUT2D eigenvalue weighted by molar-refractivity contribution is 0.415. The summed E-state index contributed by atoms with van der Waals surface area (Å²) in [4.78, 5) is 0. The molecule has 0 aliphatic rings. The van der Waals surface area contributed by atoms with Crippen molar-refractivity contribution in [3.63, 3.8) is 0 Å². The topological polar surface area (TPSA) is 9.23 Å². The number of hydrogen-bond acceptors (Lipinski definition) is 1. The Morgan fingerprint density at radius 2 is 1.93 bits per heavy atom. The zero-order valence-electron chi connectivity index (χ0n) is 9.43. The monoisotopic (exact) mass is 214 g/mol. The zero-order valence-corrected chi connectivity index (χ0v) is 10.2. The van der Waals surface area contributed by atoms with Gasteiger partial charge in [0.15, 0.2) is 0 Å². The van der Waals surface area contributed by atoms with E-state index in [9.17, 15) is 0 Å². The predicted octanol–water partition coefficient (Wildman–Crippen LogP) is 4.33. The Morgan fingerprint density at radius 3 is 2.36 bits per heavy atom. The minimum absolute atomic E-state index is 0.698. The average Bonchev–Trinajstić information content (AvgIpc) is 2.22. The van der Waals surface area contributed by atoms with Gasteiger partial charge in [-0.3, -0.25) is 0 Å². The normalized spacial score (nSPS) is 8.93. The Kier molecular flexibility index (Phi) is 7.31. The third-order valence-electron chi connectivity index (χ3n) is 1.75. The fourth-order valence-electron chi connectivity index (χ4n) is 1.15. The van der Waals surface area contributed by atoms with Gasteiger partial charge in [0, 0.05) is 0 Å². The van der Waals surface area contributed by atoms with E-state index >= 15 is 0 Å². The molecule has 0 radical (unpaired) electrons. The lowest BCUT2D eigenvalue weighted by atomic mass is 10.1. The Bertz CT molecular complexity index is 258. The maximum absolute atomic E-state index is 5.94. The third-order valence-corrected chi connectivity index (χ3v) is 2.05. The standard InChI is InChI=1S/C10H13ClO.C2H6/c1-3-4-8-5-6-10(12-2)9(11)7-8;1-2/h5-7H,3-4H2,1-2H3;1-2H3. The van der Waals surface area contributed by atoms with Gasteiger partial charge in [-0.2, -0.15) is 0 Å². The number of benzene rings is 1. The zero-order chi connectivity index (χ0) is 11.0. The van der Waals surface area contributed by atoms with Crippen LogP contribution >= 0.6 is 11.6 Å². The van der Waals surface area contributed by atoms with E-state index in [-0.39, 0.29) is 0 Å². The molecule has 0 saturated carbocycles. The molecule has 0 saturated heterocycles. The molecule has 80 valence electrons. The Balaban J connectivity index is 0.000000791. The summed E-state index contributed by atoms with van der Waals surface area (Å²) in [6.45, 7) is 6.15. The number of aryl methyl sites for hydroxylation is 1. The molecule has 0 atom stereocenters. The molecule has 0 N–H and O–H groups in total. The van der Waals surface area contributed by atoms with E-state index in [1.165, 1.54) is 5.56 Å². The summed E-state index contributed by atoms with van der Waals surface area (Å²) >= 11 is 5.94. The Morgan fingerprint density at radius 1 is 1.29 bits per heavy atom. The van der Waals surface area contributed by atoms with Gasteiger partial charge >= 0.3 is 0 Å². The third kappa shape index (κ3) is 4.01. The Labute approximate surface area is 92.0 Å². The van der Waals surface area contributed by atoms with E-state index in [0.717, 1.165) is 18.6 Å². The minimum atomic E-state index is 0.698. The van der Waals surface area contributed by atoms with Gasteiger partial charge in [-0.25, -0.2) is 0 Å². The highest BCUT2D eigenvalue weighted by Crippen LogP contribution is 2.25. The molecule has 1 aromatic rings. The van der Waals surface area contributed by atoms with Gasteiger partial charge in [0.25, 0.3) is 0 Å². The van der Waals surface area contributed by atoms with Crippen molar-refractivity contribution in [1.29, 1.82) is 0 Å². The molecule has 1 nitrogen and oxygen atoms in total.